The Morgan fingerprint density at radius 1 is 1.14 bits per heavy atom. The van der Waals surface area contributed by atoms with Crippen LogP contribution in [-0.4, -0.2) is 31.7 Å². The third-order valence-corrected chi connectivity index (χ3v) is 7.23. The molecule has 1 heterocycles. The Morgan fingerprint density at radius 3 is 2.54 bits per heavy atom. The molecule has 1 fully saturated rings. The highest BCUT2D eigenvalue weighted by molar-refractivity contribution is 7.89. The van der Waals surface area contributed by atoms with Crippen LogP contribution in [0.15, 0.2) is 53.4 Å². The maximum Gasteiger partial charge on any atom is 0.243 e. The third kappa shape index (κ3) is 4.97. The van der Waals surface area contributed by atoms with Crippen LogP contribution in [0.3, 0.4) is 0 Å². The fraction of sp³-hybridized carbons (Fsp3) is 0.381. The summed E-state index contributed by atoms with van der Waals surface area (Å²) in [5, 5.41) is 2.70. The zero-order chi connectivity index (χ0) is 20.1. The summed E-state index contributed by atoms with van der Waals surface area (Å²) < 4.78 is 40.4. The average molecular weight is 405 g/mol. The van der Waals surface area contributed by atoms with Crippen molar-refractivity contribution in [2.24, 2.45) is 5.92 Å². The van der Waals surface area contributed by atoms with Crippen molar-refractivity contribution >= 4 is 21.6 Å². The van der Waals surface area contributed by atoms with E-state index in [9.17, 15) is 17.6 Å². The number of hydrogen-bond donors (Lipinski definition) is 1. The Kier molecular flexibility index (Phi) is 6.46. The Labute approximate surface area is 165 Å². The van der Waals surface area contributed by atoms with E-state index in [-0.39, 0.29) is 11.7 Å². The van der Waals surface area contributed by atoms with Gasteiger partial charge < -0.3 is 5.32 Å². The highest BCUT2D eigenvalue weighted by atomic mass is 32.2. The van der Waals surface area contributed by atoms with Crippen molar-refractivity contribution < 1.29 is 17.6 Å². The first-order valence-corrected chi connectivity index (χ1v) is 10.9. The molecule has 0 radical (unpaired) electrons. The molecule has 1 saturated heterocycles. The number of amides is 1. The van der Waals surface area contributed by atoms with Gasteiger partial charge in [0, 0.05) is 25.2 Å². The van der Waals surface area contributed by atoms with Gasteiger partial charge in [-0.05, 0) is 61.9 Å². The van der Waals surface area contributed by atoms with Gasteiger partial charge in [0.2, 0.25) is 15.9 Å². The molecule has 1 aliphatic heterocycles. The van der Waals surface area contributed by atoms with E-state index in [1.165, 1.54) is 12.1 Å². The zero-order valence-electron chi connectivity index (χ0n) is 15.9. The standard InChI is InChI=1S/C21H25FN2O3S/c1-16-5-2-3-8-20(16)28(26,27)24-13-11-17(12-14-24)9-10-21(25)23-19-7-4-6-18(22)15-19/h2-8,15,17H,9-14H2,1H3,(H,23,25). The van der Waals surface area contributed by atoms with Crippen molar-refractivity contribution in [3.05, 3.63) is 59.9 Å². The number of nitrogens with zero attached hydrogens (tertiary/aromatic N) is 1. The number of carbonyl (C=O) groups excluding carboxylic acids is 1. The molecule has 0 spiro atoms. The first kappa shape index (κ1) is 20.5. The first-order chi connectivity index (χ1) is 13.4. The Hall–Kier alpha value is -2.25. The lowest BCUT2D eigenvalue weighted by Gasteiger charge is -2.31. The fourth-order valence-electron chi connectivity index (χ4n) is 3.55. The number of piperidine rings is 1. The molecule has 0 unspecified atom stereocenters. The molecule has 0 atom stereocenters. The minimum absolute atomic E-state index is 0.152. The third-order valence-electron chi connectivity index (χ3n) is 5.17. The Morgan fingerprint density at radius 2 is 1.86 bits per heavy atom. The number of benzene rings is 2. The van der Waals surface area contributed by atoms with Crippen LogP contribution in [0.2, 0.25) is 0 Å². The predicted molar refractivity (Wildman–Crippen MR) is 107 cm³/mol. The smallest absolute Gasteiger partial charge is 0.243 e. The number of nitrogens with one attached hydrogen (secondary N) is 1. The van der Waals surface area contributed by atoms with Gasteiger partial charge in [0.25, 0.3) is 0 Å². The molecule has 2 aromatic carbocycles. The topological polar surface area (TPSA) is 66.5 Å². The van der Waals surface area contributed by atoms with Gasteiger partial charge in [-0.1, -0.05) is 24.3 Å². The summed E-state index contributed by atoms with van der Waals surface area (Å²) in [6.45, 7) is 2.73. The minimum atomic E-state index is -3.47. The van der Waals surface area contributed by atoms with Gasteiger partial charge in [0.15, 0.2) is 0 Å². The van der Waals surface area contributed by atoms with E-state index in [0.717, 1.165) is 18.4 Å². The Bertz CT molecular complexity index is 938. The summed E-state index contributed by atoms with van der Waals surface area (Å²) in [6, 6.07) is 12.8. The zero-order valence-corrected chi connectivity index (χ0v) is 16.7. The maximum absolute atomic E-state index is 13.2. The number of hydrogen-bond acceptors (Lipinski definition) is 3. The molecule has 0 bridgehead atoms. The summed E-state index contributed by atoms with van der Waals surface area (Å²) in [7, 11) is -3.47. The molecule has 0 aliphatic carbocycles. The molecule has 3 rings (SSSR count). The van der Waals surface area contributed by atoms with Crippen molar-refractivity contribution in [3.8, 4) is 0 Å². The van der Waals surface area contributed by atoms with E-state index in [1.54, 1.807) is 41.6 Å². The van der Waals surface area contributed by atoms with E-state index >= 15 is 0 Å². The number of sulfonamides is 1. The highest BCUT2D eigenvalue weighted by Gasteiger charge is 2.30. The molecule has 2 aromatic rings. The van der Waals surface area contributed by atoms with Crippen LogP contribution in [0.5, 0.6) is 0 Å². The molecule has 0 saturated carbocycles. The van der Waals surface area contributed by atoms with Crippen LogP contribution in [0, 0.1) is 18.7 Å². The van der Waals surface area contributed by atoms with Gasteiger partial charge in [-0.2, -0.15) is 4.31 Å². The number of rotatable bonds is 6. The van der Waals surface area contributed by atoms with Crippen LogP contribution in [0.4, 0.5) is 10.1 Å². The number of anilines is 1. The van der Waals surface area contributed by atoms with Crippen LogP contribution >= 0.6 is 0 Å². The summed E-state index contributed by atoms with van der Waals surface area (Å²) in [5.41, 5.74) is 1.20. The average Bonchev–Trinajstić information content (AvgIpc) is 2.67. The van der Waals surface area contributed by atoms with Gasteiger partial charge >= 0.3 is 0 Å². The number of halogens is 1. The van der Waals surface area contributed by atoms with Crippen molar-refractivity contribution in [1.82, 2.24) is 4.31 Å². The lowest BCUT2D eigenvalue weighted by Crippen LogP contribution is -2.38. The van der Waals surface area contributed by atoms with Gasteiger partial charge in [-0.3, -0.25) is 4.79 Å². The van der Waals surface area contributed by atoms with E-state index in [0.29, 0.717) is 42.4 Å². The molecule has 0 aromatic heterocycles. The largest absolute Gasteiger partial charge is 0.326 e. The highest BCUT2D eigenvalue weighted by Crippen LogP contribution is 2.27. The summed E-state index contributed by atoms with van der Waals surface area (Å²) >= 11 is 0. The quantitative estimate of drug-likeness (QED) is 0.793. The Balaban J connectivity index is 1.49. The molecule has 1 aliphatic rings. The maximum atomic E-state index is 13.2. The molecule has 1 N–H and O–H groups in total. The molecule has 7 heteroatoms. The van der Waals surface area contributed by atoms with Crippen molar-refractivity contribution in [3.63, 3.8) is 0 Å². The van der Waals surface area contributed by atoms with Gasteiger partial charge in [-0.15, -0.1) is 0 Å². The van der Waals surface area contributed by atoms with Crippen molar-refractivity contribution in [2.45, 2.75) is 37.5 Å². The van der Waals surface area contributed by atoms with Crippen LogP contribution in [0.25, 0.3) is 0 Å². The van der Waals surface area contributed by atoms with Gasteiger partial charge in [-0.25, -0.2) is 12.8 Å². The van der Waals surface area contributed by atoms with Crippen molar-refractivity contribution in [2.75, 3.05) is 18.4 Å². The van der Waals surface area contributed by atoms with E-state index in [1.807, 2.05) is 6.07 Å². The lowest BCUT2D eigenvalue weighted by atomic mass is 9.93. The summed E-state index contributed by atoms with van der Waals surface area (Å²) in [5.74, 6) is -0.234. The molecule has 1 amide bonds. The summed E-state index contributed by atoms with van der Waals surface area (Å²) in [6.07, 6.45) is 2.50. The fourth-order valence-corrected chi connectivity index (χ4v) is 5.24. The van der Waals surface area contributed by atoms with Gasteiger partial charge in [0.05, 0.1) is 4.90 Å². The molecular formula is C21H25FN2O3S. The second kappa shape index (κ2) is 8.84. The number of aryl methyl sites for hydroxylation is 1. The monoisotopic (exact) mass is 404 g/mol. The normalized spacial score (nSPS) is 16.1. The van der Waals surface area contributed by atoms with E-state index in [4.69, 9.17) is 0 Å². The summed E-state index contributed by atoms with van der Waals surface area (Å²) in [4.78, 5) is 12.4. The minimum Gasteiger partial charge on any atom is -0.326 e. The number of carbonyl (C=O) groups is 1. The van der Waals surface area contributed by atoms with Crippen molar-refractivity contribution in [1.29, 1.82) is 0 Å². The second-order valence-corrected chi connectivity index (χ2v) is 9.12. The molecular weight excluding hydrogens is 379 g/mol. The second-order valence-electron chi connectivity index (χ2n) is 7.21. The SMILES string of the molecule is Cc1ccccc1S(=O)(=O)N1CCC(CCC(=O)Nc2cccc(F)c2)CC1. The van der Waals surface area contributed by atoms with Gasteiger partial charge in [0.1, 0.15) is 5.82 Å². The predicted octanol–water partition coefficient (Wildman–Crippen LogP) is 3.95. The van der Waals surface area contributed by atoms with E-state index < -0.39 is 10.0 Å². The van der Waals surface area contributed by atoms with E-state index in [2.05, 4.69) is 5.32 Å². The molecule has 150 valence electrons. The van der Waals surface area contributed by atoms with Crippen LogP contribution in [-0.2, 0) is 14.8 Å². The first-order valence-electron chi connectivity index (χ1n) is 9.47. The molecule has 28 heavy (non-hydrogen) atoms. The van der Waals surface area contributed by atoms with Crippen LogP contribution < -0.4 is 5.32 Å². The lowest BCUT2D eigenvalue weighted by molar-refractivity contribution is -0.116. The molecule has 5 nitrogen and oxygen atoms in total. The van der Waals surface area contributed by atoms with Crippen LogP contribution in [0.1, 0.15) is 31.2 Å².